The van der Waals surface area contributed by atoms with Gasteiger partial charge in [-0.05, 0) is 82.3 Å². The second-order valence-electron chi connectivity index (χ2n) is 16.1. The first-order valence-electron chi connectivity index (χ1n) is 20.6. The molecule has 0 bridgehead atoms. The highest BCUT2D eigenvalue weighted by Gasteiger charge is 2.36. The zero-order valence-corrected chi connectivity index (χ0v) is 32.6. The van der Waals surface area contributed by atoms with Crippen LogP contribution in [-0.4, -0.2) is 21.1 Å². The Morgan fingerprint density at radius 2 is 1.03 bits per heavy atom. The van der Waals surface area contributed by atoms with E-state index in [-0.39, 0.29) is 11.8 Å². The maximum atomic E-state index is 15.5. The first-order valence-corrected chi connectivity index (χ1v) is 20.6. The van der Waals surface area contributed by atoms with Crippen molar-refractivity contribution < 1.29 is 9.13 Å². The number of hydrogen-bond acceptors (Lipinski definition) is 4. The van der Waals surface area contributed by atoms with Crippen molar-refractivity contribution in [2.75, 3.05) is 0 Å². The van der Waals surface area contributed by atoms with E-state index >= 15 is 4.39 Å². The Morgan fingerprint density at radius 3 is 1.79 bits per heavy atom. The second kappa shape index (κ2) is 15.5. The van der Waals surface area contributed by atoms with Gasteiger partial charge in [0, 0.05) is 33.7 Å². The lowest BCUT2D eigenvalue weighted by Crippen LogP contribution is -2.24. The van der Waals surface area contributed by atoms with Crippen LogP contribution in [-0.2, 0) is 0 Å². The predicted octanol–water partition coefficient (Wildman–Crippen LogP) is 14.2. The Labute approximate surface area is 339 Å². The van der Waals surface area contributed by atoms with Crippen molar-refractivity contribution >= 4 is 10.8 Å². The van der Waals surface area contributed by atoms with E-state index in [1.54, 1.807) is 0 Å². The minimum absolute atomic E-state index is 0.0890. The van der Waals surface area contributed by atoms with Gasteiger partial charge in [-0.15, -0.1) is 0 Å². The second-order valence-corrected chi connectivity index (χ2v) is 16.1. The summed E-state index contributed by atoms with van der Waals surface area (Å²) in [6, 6.07) is 56.7. The molecule has 0 saturated heterocycles. The fourth-order valence-electron chi connectivity index (χ4n) is 9.33. The van der Waals surface area contributed by atoms with E-state index in [0.717, 1.165) is 86.0 Å². The summed E-state index contributed by atoms with van der Waals surface area (Å²) in [5.74, 6) is 4.33. The van der Waals surface area contributed by atoms with Crippen LogP contribution >= 0.6 is 0 Å². The molecule has 1 aliphatic carbocycles. The molecule has 10 rings (SSSR count). The van der Waals surface area contributed by atoms with Crippen molar-refractivity contribution in [1.29, 1.82) is 0 Å². The first-order chi connectivity index (χ1) is 28.6. The van der Waals surface area contributed by atoms with Gasteiger partial charge in [0.15, 0.2) is 17.5 Å². The minimum Gasteiger partial charge on any atom is -0.457 e. The molecule has 8 aromatic rings. The summed E-state index contributed by atoms with van der Waals surface area (Å²) >= 11 is 0. The summed E-state index contributed by atoms with van der Waals surface area (Å²) in [5, 5.41) is 2.15. The largest absolute Gasteiger partial charge is 0.457 e. The van der Waals surface area contributed by atoms with E-state index < -0.39 is 6.17 Å². The lowest BCUT2D eigenvalue weighted by Gasteiger charge is -2.36. The van der Waals surface area contributed by atoms with Crippen molar-refractivity contribution in [1.82, 2.24) is 15.0 Å². The molecule has 0 amide bonds. The van der Waals surface area contributed by atoms with Crippen molar-refractivity contribution in [3.05, 3.63) is 175 Å². The summed E-state index contributed by atoms with van der Waals surface area (Å²) in [6.45, 7) is 2.19. The molecule has 4 atom stereocenters. The number of aromatic nitrogens is 3. The van der Waals surface area contributed by atoms with Crippen LogP contribution in [0.5, 0.6) is 11.5 Å². The number of para-hydroxylation sites is 1. The summed E-state index contributed by atoms with van der Waals surface area (Å²) in [4.78, 5) is 15.2. The molecule has 58 heavy (non-hydrogen) atoms. The Balaban J connectivity index is 1.05. The molecule has 5 heteroatoms. The quantitative estimate of drug-likeness (QED) is 0.169. The van der Waals surface area contributed by atoms with Gasteiger partial charge in [-0.1, -0.05) is 165 Å². The van der Waals surface area contributed by atoms with E-state index in [1.165, 1.54) is 5.56 Å². The monoisotopic (exact) mass is 757 g/mol. The minimum atomic E-state index is -0.785. The SMILES string of the molecule is C[C@H]1CCC[C@@H](C2c3ccccc3Oc3cc(-c4ccc(-c5nc(-c6ccccc6)nc(-c6ccc(-c7ccccc7)cc6)n5)c5ccccc45)ccc32)C[C@@H](F)C1. The number of hydrogen-bond donors (Lipinski definition) is 0. The Bertz CT molecular complexity index is 2730. The lowest BCUT2D eigenvalue weighted by molar-refractivity contribution is 0.182. The van der Waals surface area contributed by atoms with Crippen molar-refractivity contribution in [2.45, 2.75) is 51.1 Å². The fourth-order valence-corrected chi connectivity index (χ4v) is 9.33. The Morgan fingerprint density at radius 1 is 0.483 bits per heavy atom. The number of alkyl halides is 1. The van der Waals surface area contributed by atoms with Gasteiger partial charge >= 0.3 is 0 Å². The van der Waals surface area contributed by atoms with Gasteiger partial charge in [0.1, 0.15) is 17.7 Å². The molecular weight excluding hydrogens is 714 g/mol. The molecule has 0 N–H and O–H groups in total. The number of nitrogens with zero attached hydrogens (tertiary/aromatic N) is 3. The van der Waals surface area contributed by atoms with Crippen LogP contribution in [0.3, 0.4) is 0 Å². The third-order valence-electron chi connectivity index (χ3n) is 12.2. The Kier molecular flexibility index (Phi) is 9.58. The first kappa shape index (κ1) is 35.9. The predicted molar refractivity (Wildman–Crippen MR) is 234 cm³/mol. The van der Waals surface area contributed by atoms with Gasteiger partial charge in [0.25, 0.3) is 0 Å². The van der Waals surface area contributed by atoms with Crippen LogP contribution < -0.4 is 4.74 Å². The molecular formula is C53H44FN3O. The highest BCUT2D eigenvalue weighted by Crippen LogP contribution is 2.52. The zero-order valence-electron chi connectivity index (χ0n) is 32.6. The van der Waals surface area contributed by atoms with Crippen LogP contribution in [0.25, 0.3) is 67.2 Å². The topological polar surface area (TPSA) is 47.9 Å². The van der Waals surface area contributed by atoms with Crippen LogP contribution in [0.15, 0.2) is 164 Å². The third kappa shape index (κ3) is 6.96. The standard InChI is InChI=1S/C53H44FN3O/c1-34-13-12-18-40(32-41(54)31-34)50-46-21-10-11-22-48(46)58-49-33-39(27-28-47(49)50)42-29-30-45(44-20-9-8-19-43(42)44)53-56-51(37-16-6-3-7-17-37)55-52(57-53)38-25-23-36(24-26-38)35-14-4-2-5-15-35/h2-11,14-17,19-30,33-34,40-41,50H,12-13,18,31-32H2,1H3/t34-,40+,41-,50?/m0/s1. The molecule has 2 heterocycles. The average Bonchev–Trinajstić information content (AvgIpc) is 3.27. The van der Waals surface area contributed by atoms with Gasteiger partial charge in [-0.3, -0.25) is 0 Å². The van der Waals surface area contributed by atoms with Crippen molar-refractivity contribution in [3.63, 3.8) is 0 Å². The summed E-state index contributed by atoms with van der Waals surface area (Å²) in [7, 11) is 0. The number of ether oxygens (including phenoxy) is 1. The number of fused-ring (bicyclic) bond motifs is 3. The molecule has 1 fully saturated rings. The lowest BCUT2D eigenvalue weighted by atomic mass is 9.72. The number of rotatable bonds is 6. The summed E-state index contributed by atoms with van der Waals surface area (Å²) in [6.07, 6.45) is 3.67. The van der Waals surface area contributed by atoms with Crippen LogP contribution in [0.4, 0.5) is 4.39 Å². The summed E-state index contributed by atoms with van der Waals surface area (Å²) < 4.78 is 22.2. The molecule has 1 saturated carbocycles. The maximum Gasteiger partial charge on any atom is 0.164 e. The van der Waals surface area contributed by atoms with E-state index in [9.17, 15) is 0 Å². The van der Waals surface area contributed by atoms with Crippen molar-refractivity contribution in [3.8, 4) is 67.9 Å². The van der Waals surface area contributed by atoms with Crippen molar-refractivity contribution in [2.24, 2.45) is 11.8 Å². The molecule has 1 aliphatic heterocycles. The molecule has 7 aromatic carbocycles. The molecule has 0 radical (unpaired) electrons. The molecule has 2 aliphatic rings. The average molecular weight is 758 g/mol. The highest BCUT2D eigenvalue weighted by atomic mass is 19.1. The van der Waals surface area contributed by atoms with Gasteiger partial charge < -0.3 is 4.74 Å². The van der Waals surface area contributed by atoms with Gasteiger partial charge in [0.05, 0.1) is 0 Å². The van der Waals surface area contributed by atoms with Crippen LogP contribution in [0.1, 0.15) is 56.1 Å². The van der Waals surface area contributed by atoms with E-state index in [2.05, 4.69) is 128 Å². The highest BCUT2D eigenvalue weighted by molar-refractivity contribution is 6.04. The third-order valence-corrected chi connectivity index (χ3v) is 12.2. The van der Waals surface area contributed by atoms with Gasteiger partial charge in [0.2, 0.25) is 0 Å². The van der Waals surface area contributed by atoms with E-state index in [0.29, 0.717) is 36.2 Å². The Hall–Kier alpha value is -6.46. The van der Waals surface area contributed by atoms with E-state index in [4.69, 9.17) is 19.7 Å². The van der Waals surface area contributed by atoms with Gasteiger partial charge in [-0.2, -0.15) is 0 Å². The molecule has 1 unspecified atom stereocenters. The summed E-state index contributed by atoms with van der Waals surface area (Å²) in [5.41, 5.74) is 9.57. The number of halogens is 1. The van der Waals surface area contributed by atoms with E-state index in [1.807, 2.05) is 42.5 Å². The smallest absolute Gasteiger partial charge is 0.164 e. The van der Waals surface area contributed by atoms with Gasteiger partial charge in [-0.25, -0.2) is 19.3 Å². The zero-order chi connectivity index (χ0) is 39.0. The molecule has 1 aromatic heterocycles. The molecule has 284 valence electrons. The maximum absolute atomic E-state index is 15.5. The fraction of sp³-hybridized carbons (Fsp3) is 0.189. The normalized spacial score (nSPS) is 19.0. The van der Waals surface area contributed by atoms with Crippen LogP contribution in [0, 0.1) is 11.8 Å². The number of benzene rings is 7. The molecule has 4 nitrogen and oxygen atoms in total. The molecule has 0 spiro atoms. The van der Waals surface area contributed by atoms with Crippen LogP contribution in [0.2, 0.25) is 0 Å².